The van der Waals surface area contributed by atoms with E-state index in [1.54, 1.807) is 4.91 Å². The summed E-state index contributed by atoms with van der Waals surface area (Å²) in [4.78, 5) is 2.96. The molecule has 1 aromatic rings. The maximum absolute atomic E-state index is 5.71. The average molecular weight is 319 g/mol. The third kappa shape index (κ3) is 3.86. The van der Waals surface area contributed by atoms with Crippen LogP contribution >= 0.6 is 33.8 Å². The van der Waals surface area contributed by atoms with E-state index >= 15 is 0 Å². The number of thiophene rings is 1. The summed E-state index contributed by atoms with van der Waals surface area (Å²) in [6.45, 7) is 1.56. The molecule has 4 N–H and O–H groups in total. The van der Waals surface area contributed by atoms with E-state index in [1.807, 2.05) is 11.3 Å². The van der Waals surface area contributed by atoms with Crippen LogP contribution in [0.2, 0.25) is 0 Å². The zero-order valence-electron chi connectivity index (χ0n) is 11.1. The molecular formula is C14H23ClN2S2. The molecular weight excluding hydrogens is 296 g/mol. The standard InChI is InChI=1S/C14H22N2S2.ClH/c15-7-3-11-18(12-4-8-16)10-2-6-14(18)13-5-1-9-17-13;/h1-2,5-6,9-10H,3-4,7-8,11-12,15-16H2;1H. The van der Waals surface area contributed by atoms with Crippen LogP contribution in [-0.2, 0) is 0 Å². The lowest BCUT2D eigenvalue weighted by Crippen LogP contribution is -2.13. The predicted molar refractivity (Wildman–Crippen MR) is 93.4 cm³/mol. The first-order valence-corrected chi connectivity index (χ1v) is 9.35. The van der Waals surface area contributed by atoms with Crippen LogP contribution in [0.25, 0.3) is 4.91 Å². The summed E-state index contributed by atoms with van der Waals surface area (Å²) in [5.74, 6) is 2.42. The van der Waals surface area contributed by atoms with Crippen molar-refractivity contribution in [1.82, 2.24) is 0 Å². The zero-order chi connectivity index (χ0) is 12.8. The highest BCUT2D eigenvalue weighted by atomic mass is 35.5. The summed E-state index contributed by atoms with van der Waals surface area (Å²) in [6, 6.07) is 4.37. The summed E-state index contributed by atoms with van der Waals surface area (Å²) < 4.78 is 0. The molecule has 0 spiro atoms. The molecule has 0 saturated carbocycles. The van der Waals surface area contributed by atoms with E-state index in [2.05, 4.69) is 35.1 Å². The second-order valence-corrected chi connectivity index (χ2v) is 8.84. The first-order valence-electron chi connectivity index (χ1n) is 6.43. The van der Waals surface area contributed by atoms with Crippen LogP contribution in [0, 0.1) is 0 Å². The van der Waals surface area contributed by atoms with Crippen molar-refractivity contribution in [3.8, 4) is 0 Å². The highest BCUT2D eigenvalue weighted by Gasteiger charge is 2.28. The Bertz CT molecular complexity index is 419. The van der Waals surface area contributed by atoms with E-state index in [4.69, 9.17) is 11.5 Å². The molecule has 2 heterocycles. The van der Waals surface area contributed by atoms with Gasteiger partial charge in [-0.3, -0.25) is 0 Å². The van der Waals surface area contributed by atoms with Gasteiger partial charge in [0, 0.05) is 9.78 Å². The molecule has 1 aliphatic heterocycles. The van der Waals surface area contributed by atoms with Gasteiger partial charge in [-0.2, -0.15) is 10.0 Å². The number of allylic oxidation sites excluding steroid dienone is 2. The highest BCUT2D eigenvalue weighted by molar-refractivity contribution is 8.43. The van der Waals surface area contributed by atoms with Gasteiger partial charge in [-0.15, -0.1) is 23.7 Å². The molecule has 0 atom stereocenters. The van der Waals surface area contributed by atoms with Crippen molar-refractivity contribution in [3.63, 3.8) is 0 Å². The molecule has 2 rings (SSSR count). The minimum Gasteiger partial charge on any atom is -0.330 e. The van der Waals surface area contributed by atoms with Crippen LogP contribution < -0.4 is 11.5 Å². The normalized spacial score (nSPS) is 17.9. The Hall–Kier alpha value is -0.260. The third-order valence-corrected chi connectivity index (χ3v) is 8.19. The second kappa shape index (κ2) is 8.12. The molecule has 0 saturated heterocycles. The highest BCUT2D eigenvalue weighted by Crippen LogP contribution is 2.64. The van der Waals surface area contributed by atoms with Crippen molar-refractivity contribution in [2.24, 2.45) is 11.5 Å². The lowest BCUT2D eigenvalue weighted by Gasteiger charge is -2.37. The Morgan fingerprint density at radius 1 is 1.11 bits per heavy atom. The molecule has 0 amide bonds. The predicted octanol–water partition coefficient (Wildman–Crippen LogP) is 3.54. The molecule has 0 fully saturated rings. The number of rotatable bonds is 7. The minimum atomic E-state index is -0.818. The van der Waals surface area contributed by atoms with E-state index in [-0.39, 0.29) is 12.4 Å². The molecule has 0 aliphatic carbocycles. The summed E-state index contributed by atoms with van der Waals surface area (Å²) in [6.07, 6.45) is 6.74. The van der Waals surface area contributed by atoms with Gasteiger partial charge in [0.2, 0.25) is 0 Å². The van der Waals surface area contributed by atoms with E-state index < -0.39 is 10.0 Å². The summed E-state index contributed by atoms with van der Waals surface area (Å²) in [5.41, 5.74) is 11.4. The Balaban J connectivity index is 0.00000180. The SMILES string of the molecule is Cl.NCCCS1(CCCN)C=CC=C1c1cccs1. The Morgan fingerprint density at radius 3 is 2.32 bits per heavy atom. The zero-order valence-corrected chi connectivity index (χ0v) is 13.5. The summed E-state index contributed by atoms with van der Waals surface area (Å²) in [5, 5.41) is 4.60. The monoisotopic (exact) mass is 318 g/mol. The van der Waals surface area contributed by atoms with Crippen LogP contribution in [0.3, 0.4) is 0 Å². The molecule has 2 nitrogen and oxygen atoms in total. The van der Waals surface area contributed by atoms with E-state index in [0.29, 0.717) is 0 Å². The largest absolute Gasteiger partial charge is 0.330 e. The smallest absolute Gasteiger partial charge is 0.0394 e. The molecule has 5 heteroatoms. The summed E-state index contributed by atoms with van der Waals surface area (Å²) >= 11 is 1.84. The van der Waals surface area contributed by atoms with Crippen molar-refractivity contribution in [2.45, 2.75) is 12.8 Å². The lowest BCUT2D eigenvalue weighted by atomic mass is 10.4. The average Bonchev–Trinajstić information content (AvgIpc) is 3.03. The number of hydrogen-bond acceptors (Lipinski definition) is 3. The second-order valence-electron chi connectivity index (χ2n) is 4.47. The van der Waals surface area contributed by atoms with Gasteiger partial charge in [0.25, 0.3) is 0 Å². The Morgan fingerprint density at radius 2 is 1.79 bits per heavy atom. The van der Waals surface area contributed by atoms with E-state index in [0.717, 1.165) is 25.9 Å². The fourth-order valence-corrected chi connectivity index (χ4v) is 7.24. The van der Waals surface area contributed by atoms with Crippen LogP contribution in [0.15, 0.2) is 35.1 Å². The van der Waals surface area contributed by atoms with Gasteiger partial charge in [-0.25, -0.2) is 0 Å². The maximum Gasteiger partial charge on any atom is 0.0394 e. The van der Waals surface area contributed by atoms with Gasteiger partial charge < -0.3 is 11.5 Å². The Labute approximate surface area is 127 Å². The van der Waals surface area contributed by atoms with Gasteiger partial charge in [0.05, 0.1) is 0 Å². The molecule has 1 aliphatic rings. The van der Waals surface area contributed by atoms with Crippen LogP contribution in [0.4, 0.5) is 0 Å². The fraction of sp³-hybridized carbons (Fsp3) is 0.429. The van der Waals surface area contributed by atoms with Crippen molar-refractivity contribution >= 4 is 38.7 Å². The number of halogens is 1. The Kier molecular flexibility index (Phi) is 7.18. The molecule has 19 heavy (non-hydrogen) atoms. The van der Waals surface area contributed by atoms with Crippen LogP contribution in [0.5, 0.6) is 0 Å². The number of hydrogen-bond donors (Lipinski definition) is 2. The van der Waals surface area contributed by atoms with Gasteiger partial charge >= 0.3 is 0 Å². The van der Waals surface area contributed by atoms with Gasteiger partial charge in [-0.1, -0.05) is 12.1 Å². The van der Waals surface area contributed by atoms with Crippen molar-refractivity contribution in [1.29, 1.82) is 0 Å². The van der Waals surface area contributed by atoms with Gasteiger partial charge in [0.15, 0.2) is 0 Å². The maximum atomic E-state index is 5.71. The lowest BCUT2D eigenvalue weighted by molar-refractivity contribution is 0.919. The van der Waals surface area contributed by atoms with E-state index in [9.17, 15) is 0 Å². The molecule has 0 bridgehead atoms. The molecule has 1 aromatic heterocycles. The van der Waals surface area contributed by atoms with Crippen molar-refractivity contribution in [2.75, 3.05) is 24.6 Å². The molecule has 108 valence electrons. The summed E-state index contributed by atoms with van der Waals surface area (Å²) in [7, 11) is -0.818. The minimum absolute atomic E-state index is 0. The first-order chi connectivity index (χ1) is 8.82. The quantitative estimate of drug-likeness (QED) is 0.808. The topological polar surface area (TPSA) is 52.0 Å². The molecule has 0 aromatic carbocycles. The van der Waals surface area contributed by atoms with Crippen LogP contribution in [-0.4, -0.2) is 24.6 Å². The van der Waals surface area contributed by atoms with Gasteiger partial charge in [0.1, 0.15) is 0 Å². The number of nitrogens with two attached hydrogens (primary N) is 2. The van der Waals surface area contributed by atoms with Crippen LogP contribution in [0.1, 0.15) is 17.7 Å². The van der Waals surface area contributed by atoms with Gasteiger partial charge in [-0.05, 0) is 60.4 Å². The molecule has 0 radical (unpaired) electrons. The molecule has 0 unspecified atom stereocenters. The van der Waals surface area contributed by atoms with E-state index in [1.165, 1.54) is 16.4 Å². The fourth-order valence-electron chi connectivity index (χ4n) is 2.33. The van der Waals surface area contributed by atoms with Crippen molar-refractivity contribution in [3.05, 3.63) is 40.0 Å². The first kappa shape index (κ1) is 16.8. The third-order valence-electron chi connectivity index (χ3n) is 3.21. The van der Waals surface area contributed by atoms with Crippen molar-refractivity contribution < 1.29 is 0 Å².